The second kappa shape index (κ2) is 13.1. The highest BCUT2D eigenvalue weighted by Crippen LogP contribution is 2.27. The number of furan rings is 1. The Morgan fingerprint density at radius 1 is 1.19 bits per heavy atom. The molecular formula is C24H26Cl2N4O6. The molecule has 1 aromatic carbocycles. The summed E-state index contributed by atoms with van der Waals surface area (Å²) in [5, 5.41) is 20.2. The van der Waals surface area contributed by atoms with Gasteiger partial charge in [-0.05, 0) is 55.3 Å². The van der Waals surface area contributed by atoms with Gasteiger partial charge in [-0.2, -0.15) is 0 Å². The number of hydrogen-bond acceptors (Lipinski definition) is 6. The minimum atomic E-state index is -1.38. The van der Waals surface area contributed by atoms with Gasteiger partial charge in [0.15, 0.2) is 0 Å². The number of piperidine rings is 1. The highest BCUT2D eigenvalue weighted by molar-refractivity contribution is 6.39. The van der Waals surface area contributed by atoms with E-state index in [1.54, 1.807) is 12.1 Å². The number of nitrogens with one attached hydrogen (secondary N) is 4. The van der Waals surface area contributed by atoms with Crippen molar-refractivity contribution in [2.45, 2.75) is 25.4 Å². The second-order valence-corrected chi connectivity index (χ2v) is 8.97. The Labute approximate surface area is 217 Å². The molecule has 2 aromatic rings. The highest BCUT2D eigenvalue weighted by Gasteiger charge is 2.26. The maximum atomic E-state index is 12.8. The minimum Gasteiger partial charge on any atom is -0.480 e. The van der Waals surface area contributed by atoms with Crippen LogP contribution < -0.4 is 21.3 Å². The maximum Gasteiger partial charge on any atom is 0.328 e. The molecule has 2 heterocycles. The first-order valence-electron chi connectivity index (χ1n) is 11.2. The molecule has 0 spiro atoms. The normalized spacial score (nSPS) is 16.3. The van der Waals surface area contributed by atoms with E-state index in [-0.39, 0.29) is 46.4 Å². The van der Waals surface area contributed by atoms with Crippen molar-refractivity contribution in [3.05, 3.63) is 63.5 Å². The van der Waals surface area contributed by atoms with E-state index in [4.69, 9.17) is 27.6 Å². The summed E-state index contributed by atoms with van der Waals surface area (Å²) in [4.78, 5) is 48.7. The van der Waals surface area contributed by atoms with Gasteiger partial charge in [-0.3, -0.25) is 14.4 Å². The predicted molar refractivity (Wildman–Crippen MR) is 134 cm³/mol. The zero-order chi connectivity index (χ0) is 26.1. The number of hydrogen-bond donors (Lipinski definition) is 5. The third-order valence-corrected chi connectivity index (χ3v) is 6.09. The van der Waals surface area contributed by atoms with Crippen LogP contribution in [0.1, 0.15) is 34.5 Å². The fourth-order valence-electron chi connectivity index (χ4n) is 3.59. The number of amides is 3. The summed E-state index contributed by atoms with van der Waals surface area (Å²) in [5.74, 6) is -2.50. The molecule has 1 saturated heterocycles. The summed E-state index contributed by atoms with van der Waals surface area (Å²) >= 11 is 12.5. The van der Waals surface area contributed by atoms with Crippen molar-refractivity contribution in [3.63, 3.8) is 0 Å². The van der Waals surface area contributed by atoms with Gasteiger partial charge in [0, 0.05) is 25.7 Å². The number of carboxylic acids is 1. The summed E-state index contributed by atoms with van der Waals surface area (Å²) in [6.45, 7) is 1.16. The van der Waals surface area contributed by atoms with Crippen LogP contribution in [0.4, 0.5) is 0 Å². The van der Waals surface area contributed by atoms with E-state index in [1.807, 2.05) is 0 Å². The van der Waals surface area contributed by atoms with Crippen LogP contribution in [0.15, 0.2) is 41.0 Å². The fourth-order valence-corrected chi connectivity index (χ4v) is 4.29. The molecule has 1 unspecified atom stereocenters. The Hall–Kier alpha value is -3.34. The Balaban J connectivity index is 1.57. The predicted octanol–water partition coefficient (Wildman–Crippen LogP) is 2.21. The summed E-state index contributed by atoms with van der Waals surface area (Å²) < 4.78 is 5.11. The van der Waals surface area contributed by atoms with E-state index < -0.39 is 17.9 Å². The molecule has 5 N–H and O–H groups in total. The van der Waals surface area contributed by atoms with E-state index in [9.17, 15) is 24.3 Å². The van der Waals surface area contributed by atoms with Gasteiger partial charge in [0.2, 0.25) is 11.8 Å². The Morgan fingerprint density at radius 3 is 2.56 bits per heavy atom. The van der Waals surface area contributed by atoms with Crippen molar-refractivity contribution in [2.24, 2.45) is 5.92 Å². The monoisotopic (exact) mass is 536 g/mol. The third kappa shape index (κ3) is 7.84. The van der Waals surface area contributed by atoms with Gasteiger partial charge in [0.25, 0.3) is 5.91 Å². The van der Waals surface area contributed by atoms with Crippen LogP contribution in [0.3, 0.4) is 0 Å². The molecule has 0 radical (unpaired) electrons. The van der Waals surface area contributed by atoms with Crippen molar-refractivity contribution in [1.82, 2.24) is 21.3 Å². The zero-order valence-electron chi connectivity index (χ0n) is 19.2. The molecule has 0 bridgehead atoms. The molecule has 1 aliphatic heterocycles. The van der Waals surface area contributed by atoms with Gasteiger partial charge in [0.05, 0.1) is 27.8 Å². The lowest BCUT2D eigenvalue weighted by Crippen LogP contribution is -2.50. The summed E-state index contributed by atoms with van der Waals surface area (Å²) in [7, 11) is 0. The van der Waals surface area contributed by atoms with E-state index in [1.165, 1.54) is 30.5 Å². The van der Waals surface area contributed by atoms with Gasteiger partial charge in [-0.25, -0.2) is 4.79 Å². The number of carboxylic acid groups (broad SMARTS) is 1. The molecule has 192 valence electrons. The minimum absolute atomic E-state index is 0.0168. The SMILES string of the molecule is O=C(C=Cc1ccco1)NCc1cc(Cl)c(C(=O)N[C@@H](CNC(=O)C2CCCNC2)C(=O)O)c(Cl)c1. The third-order valence-electron chi connectivity index (χ3n) is 5.49. The van der Waals surface area contributed by atoms with E-state index in [0.717, 1.165) is 13.0 Å². The van der Waals surface area contributed by atoms with Crippen molar-refractivity contribution < 1.29 is 28.7 Å². The maximum absolute atomic E-state index is 12.8. The van der Waals surface area contributed by atoms with Crippen molar-refractivity contribution in [1.29, 1.82) is 0 Å². The summed E-state index contributed by atoms with van der Waals surface area (Å²) in [5.41, 5.74) is 0.421. The van der Waals surface area contributed by atoms with Gasteiger partial charge in [0.1, 0.15) is 11.8 Å². The molecule has 1 aliphatic rings. The van der Waals surface area contributed by atoms with E-state index in [0.29, 0.717) is 24.3 Å². The quantitative estimate of drug-likeness (QED) is 0.292. The van der Waals surface area contributed by atoms with Crippen LogP contribution >= 0.6 is 23.2 Å². The van der Waals surface area contributed by atoms with Crippen molar-refractivity contribution in [3.8, 4) is 0 Å². The van der Waals surface area contributed by atoms with Crippen molar-refractivity contribution >= 4 is 53.0 Å². The number of carbonyl (C=O) groups is 4. The number of benzene rings is 1. The molecule has 0 saturated carbocycles. The van der Waals surface area contributed by atoms with E-state index >= 15 is 0 Å². The fraction of sp³-hybridized carbons (Fsp3) is 0.333. The molecule has 3 rings (SSSR count). The number of carbonyl (C=O) groups excluding carboxylic acids is 3. The average Bonchev–Trinajstić information content (AvgIpc) is 3.37. The number of rotatable bonds is 10. The molecule has 1 fully saturated rings. The lowest BCUT2D eigenvalue weighted by Gasteiger charge is -2.23. The molecule has 36 heavy (non-hydrogen) atoms. The lowest BCUT2D eigenvalue weighted by atomic mass is 9.99. The van der Waals surface area contributed by atoms with Crippen LogP contribution in [0, 0.1) is 5.92 Å². The smallest absolute Gasteiger partial charge is 0.328 e. The highest BCUT2D eigenvalue weighted by atomic mass is 35.5. The van der Waals surface area contributed by atoms with Crippen LogP contribution in [-0.4, -0.2) is 54.5 Å². The van der Waals surface area contributed by atoms with Gasteiger partial charge in [-0.1, -0.05) is 23.2 Å². The van der Waals surface area contributed by atoms with Crippen LogP contribution in [-0.2, 0) is 20.9 Å². The Kier molecular flexibility index (Phi) is 9.92. The number of aliphatic carboxylic acids is 1. The van der Waals surface area contributed by atoms with E-state index in [2.05, 4.69) is 21.3 Å². The van der Waals surface area contributed by atoms with Crippen LogP contribution in [0.2, 0.25) is 10.0 Å². The Bertz CT molecular complexity index is 1110. The zero-order valence-corrected chi connectivity index (χ0v) is 20.7. The first-order chi connectivity index (χ1) is 17.2. The summed E-state index contributed by atoms with van der Waals surface area (Å²) in [6, 6.07) is 4.91. The number of halogens is 2. The van der Waals surface area contributed by atoms with Gasteiger partial charge >= 0.3 is 5.97 Å². The molecule has 3 amide bonds. The molecule has 12 heteroatoms. The van der Waals surface area contributed by atoms with Gasteiger partial charge < -0.3 is 30.8 Å². The summed E-state index contributed by atoms with van der Waals surface area (Å²) in [6.07, 6.45) is 5.87. The molecule has 0 aliphatic carbocycles. The molecule has 1 aromatic heterocycles. The topological polar surface area (TPSA) is 150 Å². The largest absolute Gasteiger partial charge is 0.480 e. The first kappa shape index (κ1) is 27.3. The van der Waals surface area contributed by atoms with Crippen LogP contribution in [0.5, 0.6) is 0 Å². The van der Waals surface area contributed by atoms with Crippen LogP contribution in [0.25, 0.3) is 6.08 Å². The lowest BCUT2D eigenvalue weighted by molar-refractivity contribution is -0.139. The van der Waals surface area contributed by atoms with Gasteiger partial charge in [-0.15, -0.1) is 0 Å². The Morgan fingerprint density at radius 2 is 1.94 bits per heavy atom. The molecular weight excluding hydrogens is 511 g/mol. The van der Waals surface area contributed by atoms with Crippen molar-refractivity contribution in [2.75, 3.05) is 19.6 Å². The first-order valence-corrected chi connectivity index (χ1v) is 12.0. The molecule has 10 nitrogen and oxygen atoms in total. The average molecular weight is 537 g/mol. The molecule has 2 atom stereocenters. The second-order valence-electron chi connectivity index (χ2n) is 8.15. The standard InChI is InChI=1S/C24H26Cl2N4O6/c25-17-9-14(11-28-20(31)6-5-16-4-2-8-36-16)10-18(26)21(17)23(33)30-19(24(34)35)13-29-22(32)15-3-1-7-27-12-15/h2,4-6,8-10,15,19,27H,1,3,7,11-13H2,(H,28,31)(H,29,32)(H,30,33)(H,34,35)/t15?,19-/m0/s1.